The second kappa shape index (κ2) is 6.17. The number of benzene rings is 2. The van der Waals surface area contributed by atoms with Crippen LogP contribution in [-0.4, -0.2) is 4.92 Å². The van der Waals surface area contributed by atoms with E-state index in [1.807, 2.05) is 24.3 Å². The Bertz CT molecular complexity index is 695. The molecule has 5 nitrogen and oxygen atoms in total. The van der Waals surface area contributed by atoms with Gasteiger partial charge in [0.05, 0.1) is 4.92 Å². The normalized spacial score (nSPS) is 9.80. The van der Waals surface area contributed by atoms with Crippen molar-refractivity contribution in [1.29, 1.82) is 5.26 Å². The number of hydrogen-bond donors (Lipinski definition) is 0. The Labute approximate surface area is 123 Å². The predicted octanol–water partition coefficient (Wildman–Crippen LogP) is 3.81. The Balaban J connectivity index is 2.17. The first-order valence-electron chi connectivity index (χ1n) is 5.66. The quantitative estimate of drug-likeness (QED) is 0.630. The van der Waals surface area contributed by atoms with E-state index in [0.29, 0.717) is 12.4 Å². The van der Waals surface area contributed by atoms with E-state index in [1.54, 1.807) is 6.07 Å². The molecule has 0 amide bonds. The molecule has 0 spiro atoms. The van der Waals surface area contributed by atoms with Gasteiger partial charge in [-0.2, -0.15) is 5.26 Å². The van der Waals surface area contributed by atoms with Gasteiger partial charge in [0, 0.05) is 22.2 Å². The molecule has 100 valence electrons. The van der Waals surface area contributed by atoms with Crippen molar-refractivity contribution in [3.8, 4) is 11.8 Å². The first kappa shape index (κ1) is 14.0. The summed E-state index contributed by atoms with van der Waals surface area (Å²) in [6.45, 7) is 0.310. The fourth-order valence-corrected chi connectivity index (χ4v) is 2.03. The zero-order chi connectivity index (χ0) is 14.5. The average molecular weight is 333 g/mol. The summed E-state index contributed by atoms with van der Waals surface area (Å²) in [4.78, 5) is 10.1. The Morgan fingerprint density at radius 2 is 2.05 bits per heavy atom. The summed E-state index contributed by atoms with van der Waals surface area (Å²) in [5.74, 6) is 0.419. The molecule has 0 heterocycles. The zero-order valence-electron chi connectivity index (χ0n) is 10.2. The Morgan fingerprint density at radius 3 is 2.70 bits per heavy atom. The van der Waals surface area contributed by atoms with Crippen LogP contribution in [0.4, 0.5) is 5.69 Å². The van der Waals surface area contributed by atoms with E-state index in [2.05, 4.69) is 15.9 Å². The van der Waals surface area contributed by atoms with Gasteiger partial charge in [-0.05, 0) is 12.1 Å². The molecule has 0 atom stereocenters. The number of halogens is 1. The maximum Gasteiger partial charge on any atom is 0.287 e. The third-order valence-corrected chi connectivity index (χ3v) is 3.41. The lowest BCUT2D eigenvalue weighted by Gasteiger charge is -2.08. The smallest absolute Gasteiger partial charge is 0.287 e. The van der Waals surface area contributed by atoms with E-state index in [0.717, 1.165) is 10.0 Å². The SMILES string of the molecule is N#Cc1cc(OCc2ccccc2Br)ccc1[N+](=O)[O-]. The second-order valence-electron chi connectivity index (χ2n) is 3.93. The van der Waals surface area contributed by atoms with E-state index in [9.17, 15) is 10.1 Å². The van der Waals surface area contributed by atoms with Crippen molar-refractivity contribution in [1.82, 2.24) is 0 Å². The van der Waals surface area contributed by atoms with Crippen LogP contribution in [-0.2, 0) is 6.61 Å². The number of rotatable bonds is 4. The first-order valence-corrected chi connectivity index (χ1v) is 6.46. The second-order valence-corrected chi connectivity index (χ2v) is 4.78. The largest absolute Gasteiger partial charge is 0.489 e. The highest BCUT2D eigenvalue weighted by Crippen LogP contribution is 2.25. The van der Waals surface area contributed by atoms with Gasteiger partial charge >= 0.3 is 0 Å². The molecule has 20 heavy (non-hydrogen) atoms. The highest BCUT2D eigenvalue weighted by Gasteiger charge is 2.14. The zero-order valence-corrected chi connectivity index (χ0v) is 11.8. The van der Waals surface area contributed by atoms with Crippen LogP contribution in [0.2, 0.25) is 0 Å². The van der Waals surface area contributed by atoms with Gasteiger partial charge in [-0.3, -0.25) is 10.1 Å². The Hall–Kier alpha value is -2.39. The first-order chi connectivity index (χ1) is 9.61. The lowest BCUT2D eigenvalue weighted by molar-refractivity contribution is -0.385. The van der Waals surface area contributed by atoms with Crippen LogP contribution in [0.15, 0.2) is 46.9 Å². The van der Waals surface area contributed by atoms with Gasteiger partial charge in [0.2, 0.25) is 0 Å². The van der Waals surface area contributed by atoms with Crippen molar-refractivity contribution in [2.24, 2.45) is 0 Å². The molecule has 0 aliphatic carbocycles. The van der Waals surface area contributed by atoms with Crippen LogP contribution in [0.5, 0.6) is 5.75 Å². The average Bonchev–Trinajstić information content (AvgIpc) is 2.46. The molecule has 0 saturated heterocycles. The third kappa shape index (κ3) is 3.13. The van der Waals surface area contributed by atoms with E-state index in [-0.39, 0.29) is 11.3 Å². The monoisotopic (exact) mass is 332 g/mol. The number of nitrogens with zero attached hydrogens (tertiary/aromatic N) is 2. The summed E-state index contributed by atoms with van der Waals surface area (Å²) in [6.07, 6.45) is 0. The molecule has 2 rings (SSSR count). The van der Waals surface area contributed by atoms with Gasteiger partial charge in [-0.15, -0.1) is 0 Å². The fraction of sp³-hybridized carbons (Fsp3) is 0.0714. The summed E-state index contributed by atoms with van der Waals surface area (Å²) >= 11 is 3.41. The Kier molecular flexibility index (Phi) is 4.33. The molecule has 0 aromatic heterocycles. The summed E-state index contributed by atoms with van der Waals surface area (Å²) in [6, 6.07) is 13.5. The maximum atomic E-state index is 10.7. The van der Waals surface area contributed by atoms with Crippen molar-refractivity contribution in [2.45, 2.75) is 6.61 Å². The summed E-state index contributed by atoms with van der Waals surface area (Å²) < 4.78 is 6.47. The molecule has 0 unspecified atom stereocenters. The van der Waals surface area contributed by atoms with E-state index >= 15 is 0 Å². The molecule has 0 fully saturated rings. The number of ether oxygens (including phenoxy) is 1. The van der Waals surface area contributed by atoms with Crippen molar-refractivity contribution in [2.75, 3.05) is 0 Å². The number of nitriles is 1. The van der Waals surface area contributed by atoms with E-state index in [1.165, 1.54) is 18.2 Å². The van der Waals surface area contributed by atoms with Crippen LogP contribution in [0, 0.1) is 21.4 Å². The van der Waals surface area contributed by atoms with Crippen LogP contribution in [0.1, 0.15) is 11.1 Å². The topological polar surface area (TPSA) is 76.2 Å². The molecule has 0 saturated carbocycles. The minimum absolute atomic E-state index is 0.0142. The number of nitro groups is 1. The van der Waals surface area contributed by atoms with Crippen molar-refractivity contribution < 1.29 is 9.66 Å². The van der Waals surface area contributed by atoms with Crippen LogP contribution >= 0.6 is 15.9 Å². The molecule has 2 aromatic rings. The molecule has 6 heteroatoms. The highest BCUT2D eigenvalue weighted by atomic mass is 79.9. The minimum Gasteiger partial charge on any atom is -0.489 e. The lowest BCUT2D eigenvalue weighted by atomic mass is 10.2. The molecule has 0 radical (unpaired) electrons. The van der Waals surface area contributed by atoms with E-state index < -0.39 is 4.92 Å². The predicted molar refractivity (Wildman–Crippen MR) is 76.3 cm³/mol. The van der Waals surface area contributed by atoms with Crippen molar-refractivity contribution in [3.05, 3.63) is 68.2 Å². The van der Waals surface area contributed by atoms with Crippen molar-refractivity contribution >= 4 is 21.6 Å². The van der Waals surface area contributed by atoms with Gasteiger partial charge in [-0.1, -0.05) is 34.1 Å². The molecule has 2 aromatic carbocycles. The Morgan fingerprint density at radius 1 is 1.30 bits per heavy atom. The van der Waals surface area contributed by atoms with Crippen LogP contribution < -0.4 is 4.74 Å². The molecule has 0 bridgehead atoms. The van der Waals surface area contributed by atoms with Crippen molar-refractivity contribution in [3.63, 3.8) is 0 Å². The molecule has 0 aliphatic rings. The fourth-order valence-electron chi connectivity index (χ4n) is 1.63. The number of hydrogen-bond acceptors (Lipinski definition) is 4. The molecular formula is C14H9BrN2O3. The summed E-state index contributed by atoms with van der Waals surface area (Å²) in [7, 11) is 0. The third-order valence-electron chi connectivity index (χ3n) is 2.64. The summed E-state index contributed by atoms with van der Waals surface area (Å²) in [5, 5.41) is 19.6. The highest BCUT2D eigenvalue weighted by molar-refractivity contribution is 9.10. The van der Waals surface area contributed by atoms with Crippen LogP contribution in [0.3, 0.4) is 0 Å². The number of nitro benzene ring substituents is 1. The standard InChI is InChI=1S/C14H9BrN2O3/c15-13-4-2-1-3-10(13)9-20-12-5-6-14(17(18)19)11(7-12)8-16/h1-7H,9H2. The van der Waals surface area contributed by atoms with Gasteiger partial charge < -0.3 is 4.74 Å². The minimum atomic E-state index is -0.587. The van der Waals surface area contributed by atoms with Gasteiger partial charge in [0.1, 0.15) is 24.0 Å². The molecule has 0 aliphatic heterocycles. The van der Waals surface area contributed by atoms with E-state index in [4.69, 9.17) is 10.00 Å². The van der Waals surface area contributed by atoms with Gasteiger partial charge in [-0.25, -0.2) is 0 Å². The lowest BCUT2D eigenvalue weighted by Crippen LogP contribution is -1.98. The molecular weight excluding hydrogens is 324 g/mol. The maximum absolute atomic E-state index is 10.7. The molecule has 0 N–H and O–H groups in total. The summed E-state index contributed by atoms with van der Waals surface area (Å²) in [5.41, 5.74) is 0.713. The van der Waals surface area contributed by atoms with Gasteiger partial charge in [0.15, 0.2) is 0 Å². The van der Waals surface area contributed by atoms with Gasteiger partial charge in [0.25, 0.3) is 5.69 Å². The van der Waals surface area contributed by atoms with Crippen LogP contribution in [0.25, 0.3) is 0 Å².